The largest absolute Gasteiger partial charge is 0.496 e. The average Bonchev–Trinajstić information content (AvgIpc) is 3.43. The number of methoxy groups -OCH3 is 1. The van der Waals surface area contributed by atoms with Gasteiger partial charge in [0.2, 0.25) is 0 Å². The lowest BCUT2D eigenvalue weighted by Gasteiger charge is -2.20. The summed E-state index contributed by atoms with van der Waals surface area (Å²) in [6.07, 6.45) is 4.61. The summed E-state index contributed by atoms with van der Waals surface area (Å²) in [5.41, 5.74) is 4.48. The van der Waals surface area contributed by atoms with Crippen LogP contribution in [0.4, 0.5) is 0 Å². The van der Waals surface area contributed by atoms with Crippen LogP contribution in [0.5, 0.6) is 5.75 Å². The number of hydrogen-bond donors (Lipinski definition) is 1. The van der Waals surface area contributed by atoms with Crippen molar-refractivity contribution in [1.82, 2.24) is 14.7 Å². The molecule has 0 radical (unpaired) electrons. The molecule has 5 aromatic rings. The van der Waals surface area contributed by atoms with Crippen LogP contribution in [0.25, 0.3) is 21.0 Å². The first kappa shape index (κ1) is 22.9. The van der Waals surface area contributed by atoms with Gasteiger partial charge in [-0.2, -0.15) is 0 Å². The number of aryl methyl sites for hydroxylation is 3. The fraction of sp³-hybridized carbons (Fsp3) is 0.321. The number of nitrogens with zero attached hydrogens (tertiary/aromatic N) is 3. The number of quaternary nitrogens is 1. The lowest BCUT2D eigenvalue weighted by molar-refractivity contribution is -0.705. The SMILES string of the molecule is COc1ccc(Cn2cnc3sc4c(c3c2=O)CC[C@@H]([NH2+]Cc2c(C)noc2C)C4)c2ccccc12. The normalized spacial score (nSPS) is 15.5. The third-order valence-electron chi connectivity index (χ3n) is 7.45. The molecule has 0 spiro atoms. The Morgan fingerprint density at radius 1 is 1.19 bits per heavy atom. The number of nitrogens with two attached hydrogens (primary N) is 1. The summed E-state index contributed by atoms with van der Waals surface area (Å²) in [5, 5.41) is 9.41. The van der Waals surface area contributed by atoms with Gasteiger partial charge in [-0.1, -0.05) is 35.5 Å². The minimum atomic E-state index is 0.0514. The molecule has 7 nitrogen and oxygen atoms in total. The van der Waals surface area contributed by atoms with Gasteiger partial charge in [0.1, 0.15) is 22.9 Å². The lowest BCUT2D eigenvalue weighted by atomic mass is 9.93. The molecule has 0 unspecified atom stereocenters. The summed E-state index contributed by atoms with van der Waals surface area (Å²) in [7, 11) is 1.68. The van der Waals surface area contributed by atoms with E-state index in [0.717, 1.165) is 69.6 Å². The van der Waals surface area contributed by atoms with Crippen molar-refractivity contribution in [3.63, 3.8) is 0 Å². The summed E-state index contributed by atoms with van der Waals surface area (Å²) in [6.45, 7) is 5.31. The number of ether oxygens (including phenoxy) is 1. The number of rotatable bonds is 6. The van der Waals surface area contributed by atoms with E-state index in [-0.39, 0.29) is 5.56 Å². The van der Waals surface area contributed by atoms with Crippen LogP contribution in [0.2, 0.25) is 0 Å². The van der Waals surface area contributed by atoms with E-state index >= 15 is 0 Å². The monoisotopic (exact) mass is 501 g/mol. The second kappa shape index (κ2) is 9.19. The van der Waals surface area contributed by atoms with Crippen molar-refractivity contribution in [2.75, 3.05) is 7.11 Å². The topological polar surface area (TPSA) is 86.8 Å². The highest BCUT2D eigenvalue weighted by atomic mass is 32.1. The van der Waals surface area contributed by atoms with Crippen LogP contribution in [0, 0.1) is 13.8 Å². The van der Waals surface area contributed by atoms with Crippen LogP contribution in [-0.4, -0.2) is 27.9 Å². The Balaban J connectivity index is 1.28. The first-order chi connectivity index (χ1) is 17.5. The second-order valence-corrected chi connectivity index (χ2v) is 10.7. The zero-order valence-electron chi connectivity index (χ0n) is 20.7. The van der Waals surface area contributed by atoms with Crippen molar-refractivity contribution < 1.29 is 14.6 Å². The molecule has 2 N–H and O–H groups in total. The summed E-state index contributed by atoms with van der Waals surface area (Å²) in [4.78, 5) is 20.5. The van der Waals surface area contributed by atoms with Gasteiger partial charge in [-0.05, 0) is 42.8 Å². The van der Waals surface area contributed by atoms with Crippen molar-refractivity contribution in [2.24, 2.45) is 0 Å². The van der Waals surface area contributed by atoms with Crippen molar-refractivity contribution in [1.29, 1.82) is 0 Å². The van der Waals surface area contributed by atoms with Crippen molar-refractivity contribution >= 4 is 32.3 Å². The molecule has 0 saturated carbocycles. The summed E-state index contributed by atoms with van der Waals surface area (Å²) in [5.74, 6) is 1.74. The molecule has 3 heterocycles. The first-order valence-corrected chi connectivity index (χ1v) is 13.1. The van der Waals surface area contributed by atoms with Gasteiger partial charge < -0.3 is 14.6 Å². The molecule has 2 aromatic carbocycles. The number of thiophene rings is 1. The molecule has 0 saturated heterocycles. The van der Waals surface area contributed by atoms with Gasteiger partial charge in [-0.15, -0.1) is 11.3 Å². The Morgan fingerprint density at radius 3 is 2.81 bits per heavy atom. The Hall–Kier alpha value is -3.49. The van der Waals surface area contributed by atoms with Gasteiger partial charge in [0.25, 0.3) is 5.56 Å². The number of hydrogen-bond acceptors (Lipinski definition) is 6. The van der Waals surface area contributed by atoms with E-state index in [1.54, 1.807) is 29.3 Å². The maximum atomic E-state index is 13.6. The van der Waals surface area contributed by atoms with Gasteiger partial charge >= 0.3 is 0 Å². The lowest BCUT2D eigenvalue weighted by Crippen LogP contribution is -2.89. The van der Waals surface area contributed by atoms with Crippen LogP contribution in [0.3, 0.4) is 0 Å². The van der Waals surface area contributed by atoms with Crippen molar-refractivity contribution in [3.05, 3.63) is 86.1 Å². The maximum absolute atomic E-state index is 13.6. The highest BCUT2D eigenvalue weighted by molar-refractivity contribution is 7.18. The average molecular weight is 502 g/mol. The van der Waals surface area contributed by atoms with E-state index in [4.69, 9.17) is 14.2 Å². The van der Waals surface area contributed by atoms with Crippen molar-refractivity contribution in [3.8, 4) is 5.75 Å². The van der Waals surface area contributed by atoms with Crippen molar-refractivity contribution in [2.45, 2.75) is 52.2 Å². The molecule has 0 aliphatic heterocycles. The Kier molecular flexibility index (Phi) is 5.85. The molecule has 8 heteroatoms. The Labute approximate surface area is 212 Å². The fourth-order valence-electron chi connectivity index (χ4n) is 5.45. The van der Waals surface area contributed by atoms with Crippen LogP contribution >= 0.6 is 11.3 Å². The van der Waals surface area contributed by atoms with Gasteiger partial charge in [-0.25, -0.2) is 4.98 Å². The van der Waals surface area contributed by atoms with Gasteiger partial charge in [0, 0.05) is 23.1 Å². The molecule has 1 atom stereocenters. The summed E-state index contributed by atoms with van der Waals surface area (Å²) < 4.78 is 12.6. The summed E-state index contributed by atoms with van der Waals surface area (Å²) >= 11 is 1.68. The minimum absolute atomic E-state index is 0.0514. The molecular weight excluding hydrogens is 472 g/mol. The maximum Gasteiger partial charge on any atom is 0.262 e. The highest BCUT2D eigenvalue weighted by Gasteiger charge is 2.27. The minimum Gasteiger partial charge on any atom is -0.496 e. The third kappa shape index (κ3) is 3.90. The third-order valence-corrected chi connectivity index (χ3v) is 8.61. The first-order valence-electron chi connectivity index (χ1n) is 12.3. The van der Waals surface area contributed by atoms with E-state index in [1.807, 2.05) is 38.1 Å². The van der Waals surface area contributed by atoms with Crippen LogP contribution in [0.15, 0.2) is 52.0 Å². The molecule has 36 heavy (non-hydrogen) atoms. The second-order valence-electron chi connectivity index (χ2n) is 9.58. The van der Waals surface area contributed by atoms with E-state index in [1.165, 1.54) is 16.0 Å². The highest BCUT2D eigenvalue weighted by Crippen LogP contribution is 2.33. The zero-order chi connectivity index (χ0) is 24.8. The smallest absolute Gasteiger partial charge is 0.262 e. The van der Waals surface area contributed by atoms with Gasteiger partial charge in [0.15, 0.2) is 0 Å². The molecule has 0 fully saturated rings. The zero-order valence-corrected chi connectivity index (χ0v) is 21.5. The molecule has 184 valence electrons. The number of aromatic nitrogens is 3. The number of fused-ring (bicyclic) bond motifs is 4. The Morgan fingerprint density at radius 2 is 2.03 bits per heavy atom. The number of benzene rings is 2. The van der Waals surface area contributed by atoms with E-state index < -0.39 is 0 Å². The molecule has 0 bridgehead atoms. The predicted molar refractivity (Wildman–Crippen MR) is 141 cm³/mol. The van der Waals surface area contributed by atoms with E-state index in [2.05, 4.69) is 22.6 Å². The van der Waals surface area contributed by atoms with Crippen LogP contribution in [0.1, 0.15) is 39.4 Å². The standard InChI is InChI=1S/C28H28N4O3S/c1-16-23(17(2)35-31-16)13-29-19-9-10-22-25(12-19)36-27-26(22)28(33)32(15-30-27)14-18-8-11-24(34-3)21-7-5-4-6-20(18)21/h4-8,11,15,19,29H,9-10,12-14H2,1-3H3/p+1/t19-/m1/s1. The van der Waals surface area contributed by atoms with E-state index in [0.29, 0.717) is 12.6 Å². The fourth-order valence-corrected chi connectivity index (χ4v) is 6.72. The molecule has 1 aliphatic carbocycles. The van der Waals surface area contributed by atoms with Gasteiger partial charge in [-0.3, -0.25) is 9.36 Å². The van der Waals surface area contributed by atoms with E-state index in [9.17, 15) is 4.79 Å². The van der Waals surface area contributed by atoms with Crippen LogP contribution in [-0.2, 0) is 25.9 Å². The van der Waals surface area contributed by atoms with Gasteiger partial charge in [0.05, 0.1) is 42.7 Å². The van der Waals surface area contributed by atoms with Crippen LogP contribution < -0.4 is 15.6 Å². The molecular formula is C28H29N4O3S+. The Bertz CT molecular complexity index is 1630. The molecule has 3 aromatic heterocycles. The molecule has 0 amide bonds. The molecule has 1 aliphatic rings. The predicted octanol–water partition coefficient (Wildman–Crippen LogP) is 3.89. The summed E-state index contributed by atoms with van der Waals surface area (Å²) in [6, 6.07) is 12.6. The quantitative estimate of drug-likeness (QED) is 0.381. The molecule has 6 rings (SSSR count).